The van der Waals surface area contributed by atoms with Crippen LogP contribution in [0.4, 0.5) is 5.95 Å². The van der Waals surface area contributed by atoms with Gasteiger partial charge in [0.2, 0.25) is 5.95 Å². The molecule has 8 heteroatoms. The number of hydrogen-bond acceptors (Lipinski definition) is 5. The predicted octanol–water partition coefficient (Wildman–Crippen LogP) is 1.91. The first-order valence-corrected chi connectivity index (χ1v) is 10.5. The van der Waals surface area contributed by atoms with E-state index in [0.717, 1.165) is 55.3 Å². The summed E-state index contributed by atoms with van der Waals surface area (Å²) in [5, 5.41) is 26.5. The smallest absolute Gasteiger partial charge is 0.444 e. The molecule has 1 aliphatic heterocycles. The number of hydrogen-bond donors (Lipinski definition) is 3. The topological polar surface area (TPSA) is 134 Å². The quantitative estimate of drug-likeness (QED) is 0.403. The SMILES string of the molecule is N=C(N=C([OH2+])N1CCCC(CO)C1)C1(c2ccc(-c3cnc(N)nc3)cc2)CCC1. The number of likely N-dealkylation sites (tertiary alicyclic amines) is 1. The Balaban J connectivity index is 1.53. The number of nitrogens with two attached hydrogens (primary N) is 1. The van der Waals surface area contributed by atoms with Crippen molar-refractivity contribution in [3.63, 3.8) is 0 Å². The van der Waals surface area contributed by atoms with E-state index in [0.29, 0.717) is 6.54 Å². The van der Waals surface area contributed by atoms with Gasteiger partial charge in [0.15, 0.2) is 0 Å². The Morgan fingerprint density at radius 2 is 1.90 bits per heavy atom. The Morgan fingerprint density at radius 3 is 2.50 bits per heavy atom. The summed E-state index contributed by atoms with van der Waals surface area (Å²) in [4.78, 5) is 14.4. The van der Waals surface area contributed by atoms with E-state index in [1.165, 1.54) is 0 Å². The fourth-order valence-electron chi connectivity index (χ4n) is 4.35. The van der Waals surface area contributed by atoms with Crippen LogP contribution in [0.25, 0.3) is 11.1 Å². The van der Waals surface area contributed by atoms with Gasteiger partial charge in [-0.05, 0) is 42.7 Å². The molecule has 30 heavy (non-hydrogen) atoms. The van der Waals surface area contributed by atoms with Gasteiger partial charge >= 0.3 is 6.02 Å². The van der Waals surface area contributed by atoms with Crippen LogP contribution in [0.3, 0.4) is 0 Å². The van der Waals surface area contributed by atoms with E-state index in [1.54, 1.807) is 12.4 Å². The molecule has 2 aliphatic rings. The van der Waals surface area contributed by atoms with Gasteiger partial charge in [0, 0.05) is 37.7 Å². The number of nitrogens with one attached hydrogen (secondary N) is 1. The monoisotopic (exact) mass is 409 g/mol. The van der Waals surface area contributed by atoms with E-state index in [4.69, 9.17) is 16.2 Å². The van der Waals surface area contributed by atoms with Crippen molar-refractivity contribution in [3.05, 3.63) is 42.2 Å². The highest BCUT2D eigenvalue weighted by Gasteiger charge is 2.44. The van der Waals surface area contributed by atoms with Crippen molar-refractivity contribution in [2.45, 2.75) is 37.5 Å². The second-order valence-corrected chi connectivity index (χ2v) is 8.26. The van der Waals surface area contributed by atoms with Gasteiger partial charge in [-0.1, -0.05) is 30.7 Å². The van der Waals surface area contributed by atoms with Crippen LogP contribution in [0.15, 0.2) is 41.7 Å². The maximum Gasteiger partial charge on any atom is 0.444 e. The summed E-state index contributed by atoms with van der Waals surface area (Å²) in [7, 11) is 0. The molecule has 1 aliphatic carbocycles. The van der Waals surface area contributed by atoms with Crippen LogP contribution in [0.1, 0.15) is 37.7 Å². The van der Waals surface area contributed by atoms with Crippen molar-refractivity contribution in [1.29, 1.82) is 5.41 Å². The highest BCUT2D eigenvalue weighted by Crippen LogP contribution is 2.45. The zero-order valence-electron chi connectivity index (χ0n) is 17.0. The molecular weight excluding hydrogens is 380 g/mol. The third kappa shape index (κ3) is 3.87. The van der Waals surface area contributed by atoms with Gasteiger partial charge in [0.1, 0.15) is 5.84 Å². The average molecular weight is 410 g/mol. The number of amidine groups is 2. The molecule has 1 saturated carbocycles. The molecule has 8 nitrogen and oxygen atoms in total. The lowest BCUT2D eigenvalue weighted by Crippen LogP contribution is -2.44. The minimum atomic E-state index is -0.422. The van der Waals surface area contributed by atoms with E-state index in [9.17, 15) is 5.11 Å². The third-order valence-electron chi connectivity index (χ3n) is 6.40. The summed E-state index contributed by atoms with van der Waals surface area (Å²) < 4.78 is 0. The lowest BCUT2D eigenvalue weighted by atomic mass is 9.63. The highest BCUT2D eigenvalue weighted by atomic mass is 16.3. The number of anilines is 1. The minimum Gasteiger partial charge on any atom is -0.565 e. The number of nitrogen functional groups attached to an aromatic ring is 1. The molecule has 2 heterocycles. The van der Waals surface area contributed by atoms with Crippen molar-refractivity contribution >= 4 is 17.8 Å². The number of nitrogens with zero attached hydrogens (tertiary/aromatic N) is 4. The molecule has 0 amide bonds. The Morgan fingerprint density at radius 1 is 1.20 bits per heavy atom. The number of piperidine rings is 1. The van der Waals surface area contributed by atoms with Crippen molar-refractivity contribution in [3.8, 4) is 11.1 Å². The number of aliphatic hydroxyl groups excluding tert-OH is 1. The first kappa shape index (κ1) is 20.3. The second kappa shape index (κ2) is 8.39. The van der Waals surface area contributed by atoms with Gasteiger partial charge in [-0.25, -0.2) is 9.97 Å². The lowest BCUT2D eigenvalue weighted by molar-refractivity contribution is 0.149. The summed E-state index contributed by atoms with van der Waals surface area (Å²) in [6, 6.07) is 8.25. The summed E-state index contributed by atoms with van der Waals surface area (Å²) in [5.74, 6) is 0.694. The van der Waals surface area contributed by atoms with Gasteiger partial charge < -0.3 is 15.9 Å². The zero-order chi connectivity index (χ0) is 21.1. The second-order valence-electron chi connectivity index (χ2n) is 8.26. The number of aliphatic imine (C=N–C) groups is 1. The molecule has 0 bridgehead atoms. The Labute approximate surface area is 176 Å². The molecular formula is C22H29N6O2+. The maximum atomic E-state index is 9.43. The van der Waals surface area contributed by atoms with E-state index in [2.05, 4.69) is 15.0 Å². The average Bonchev–Trinajstić information content (AvgIpc) is 2.74. The van der Waals surface area contributed by atoms with Gasteiger partial charge in [-0.15, -0.1) is 4.99 Å². The van der Waals surface area contributed by atoms with Crippen LogP contribution in [0.5, 0.6) is 0 Å². The van der Waals surface area contributed by atoms with Crippen LogP contribution in [0.2, 0.25) is 0 Å². The first-order chi connectivity index (χ1) is 14.5. The molecule has 1 saturated heterocycles. The van der Waals surface area contributed by atoms with Crippen molar-refractivity contribution < 1.29 is 10.2 Å². The number of aliphatic hydroxyl groups is 1. The number of benzene rings is 1. The molecule has 1 atom stereocenters. The Hall–Kier alpha value is -3.00. The lowest BCUT2D eigenvalue weighted by Gasteiger charge is -2.41. The molecule has 2 aromatic rings. The van der Waals surface area contributed by atoms with Gasteiger partial charge in [-0.3, -0.25) is 10.3 Å². The number of rotatable bonds is 4. The van der Waals surface area contributed by atoms with Crippen LogP contribution >= 0.6 is 0 Å². The molecule has 6 N–H and O–H groups in total. The third-order valence-corrected chi connectivity index (χ3v) is 6.40. The maximum absolute atomic E-state index is 9.43. The van der Waals surface area contributed by atoms with Crippen molar-refractivity contribution in [2.75, 3.05) is 25.4 Å². The van der Waals surface area contributed by atoms with Gasteiger partial charge in [0.25, 0.3) is 0 Å². The molecule has 2 fully saturated rings. The Kier molecular flexibility index (Phi) is 5.67. The molecule has 0 radical (unpaired) electrons. The van der Waals surface area contributed by atoms with Crippen LogP contribution in [-0.2, 0) is 5.41 Å². The largest absolute Gasteiger partial charge is 0.565 e. The summed E-state index contributed by atoms with van der Waals surface area (Å²) in [5.41, 5.74) is 8.09. The minimum absolute atomic E-state index is 0.135. The fourth-order valence-corrected chi connectivity index (χ4v) is 4.35. The zero-order valence-corrected chi connectivity index (χ0v) is 17.0. The summed E-state index contributed by atoms with van der Waals surface area (Å²) >= 11 is 0. The fraction of sp³-hybridized carbons (Fsp3) is 0.455. The molecule has 1 aromatic carbocycles. The number of aromatic nitrogens is 2. The summed E-state index contributed by atoms with van der Waals surface area (Å²) in [6.07, 6.45) is 8.11. The molecule has 158 valence electrons. The van der Waals surface area contributed by atoms with Gasteiger partial charge in [-0.2, -0.15) is 0 Å². The van der Waals surface area contributed by atoms with Crippen LogP contribution < -0.4 is 5.73 Å². The normalized spacial score (nSPS) is 21.2. The van der Waals surface area contributed by atoms with Crippen LogP contribution in [0, 0.1) is 11.3 Å². The first-order valence-electron chi connectivity index (χ1n) is 10.5. The molecule has 1 unspecified atom stereocenters. The molecule has 1 aromatic heterocycles. The van der Waals surface area contributed by atoms with Gasteiger partial charge in [0.05, 0.1) is 5.41 Å². The van der Waals surface area contributed by atoms with E-state index in [-0.39, 0.29) is 30.3 Å². The standard InChI is InChI=1S/C22H28N6O2/c23-19(27-21(30)28-10-1-3-15(13-28)14-29)22(8-2-9-22)18-6-4-16(5-7-18)17-11-25-20(24)26-12-17/h4-7,11-12,15,29H,1-3,8-10,13-14H2,(H2,23,27,30)(H2,24,25,26)/p+1. The van der Waals surface area contributed by atoms with E-state index >= 15 is 0 Å². The van der Waals surface area contributed by atoms with Crippen molar-refractivity contribution in [1.82, 2.24) is 14.9 Å². The molecule has 4 rings (SSSR count). The summed E-state index contributed by atoms with van der Waals surface area (Å²) in [6.45, 7) is 1.53. The predicted molar refractivity (Wildman–Crippen MR) is 118 cm³/mol. The molecule has 0 spiro atoms. The van der Waals surface area contributed by atoms with E-state index in [1.807, 2.05) is 29.2 Å². The van der Waals surface area contributed by atoms with Crippen LogP contribution in [-0.4, -0.2) is 56.6 Å². The Bertz CT molecular complexity index is 922. The van der Waals surface area contributed by atoms with E-state index < -0.39 is 5.41 Å². The highest BCUT2D eigenvalue weighted by molar-refractivity contribution is 5.99. The van der Waals surface area contributed by atoms with Crippen molar-refractivity contribution in [2.24, 2.45) is 10.9 Å².